The molecule has 0 fully saturated rings. The number of hydrogen-bond acceptors (Lipinski definition) is 4. The smallest absolute Gasteiger partial charge is 0.252 e. The average Bonchev–Trinajstić information content (AvgIpc) is 2.90. The van der Waals surface area contributed by atoms with Crippen LogP contribution in [0.1, 0.15) is 15.9 Å². The van der Waals surface area contributed by atoms with Gasteiger partial charge in [-0.15, -0.1) is 0 Å². The molecular formula is C13H13Cl3N2OS2. The van der Waals surface area contributed by atoms with E-state index in [9.17, 15) is 4.79 Å². The fourth-order valence-corrected chi connectivity index (χ4v) is 4.16. The summed E-state index contributed by atoms with van der Waals surface area (Å²) in [5, 5.41) is 2.06. The Balaban J connectivity index is 2.07. The molecule has 1 atom stereocenters. The minimum Gasteiger partial charge on any atom is -0.336 e. The Labute approximate surface area is 147 Å². The first-order valence-corrected chi connectivity index (χ1v) is 9.14. The van der Waals surface area contributed by atoms with Crippen molar-refractivity contribution in [1.82, 2.24) is 5.32 Å². The van der Waals surface area contributed by atoms with Crippen LogP contribution in [0.2, 0.25) is 0 Å². The molecule has 1 aromatic carbocycles. The van der Waals surface area contributed by atoms with E-state index in [4.69, 9.17) is 34.8 Å². The first kappa shape index (κ1) is 17.3. The lowest BCUT2D eigenvalue weighted by molar-refractivity contribution is 0.0950. The van der Waals surface area contributed by atoms with Crippen molar-refractivity contribution in [2.45, 2.75) is 16.1 Å². The van der Waals surface area contributed by atoms with E-state index in [1.165, 1.54) is 11.8 Å². The lowest BCUT2D eigenvalue weighted by atomic mass is 10.1. The summed E-state index contributed by atoms with van der Waals surface area (Å²) >= 11 is 20.8. The molecule has 21 heavy (non-hydrogen) atoms. The highest BCUT2D eigenvalue weighted by Crippen LogP contribution is 2.39. The molecule has 0 bridgehead atoms. The Morgan fingerprint density at radius 2 is 2.05 bits per heavy atom. The van der Waals surface area contributed by atoms with Gasteiger partial charge < -0.3 is 5.32 Å². The number of benzene rings is 1. The predicted octanol–water partition coefficient (Wildman–Crippen LogP) is 4.26. The molecule has 1 aliphatic heterocycles. The maximum Gasteiger partial charge on any atom is 0.252 e. The molecule has 2 rings (SSSR count). The minimum absolute atomic E-state index is 0.276. The van der Waals surface area contributed by atoms with E-state index in [2.05, 4.69) is 10.3 Å². The van der Waals surface area contributed by atoms with Crippen LogP contribution in [0.4, 0.5) is 0 Å². The third kappa shape index (κ3) is 5.25. The summed E-state index contributed by atoms with van der Waals surface area (Å²) in [5.41, 5.74) is 1.61. The van der Waals surface area contributed by atoms with Gasteiger partial charge in [-0.1, -0.05) is 76.0 Å². The van der Waals surface area contributed by atoms with Crippen LogP contribution < -0.4 is 5.32 Å². The number of halogens is 3. The first-order chi connectivity index (χ1) is 9.86. The first-order valence-electron chi connectivity index (χ1n) is 6.14. The summed E-state index contributed by atoms with van der Waals surface area (Å²) in [6.45, 7) is 2.71. The maximum atomic E-state index is 12.2. The predicted molar refractivity (Wildman–Crippen MR) is 95.1 cm³/mol. The maximum absolute atomic E-state index is 12.2. The highest BCUT2D eigenvalue weighted by molar-refractivity contribution is 8.39. The van der Waals surface area contributed by atoms with Crippen molar-refractivity contribution >= 4 is 68.6 Å². The second-order valence-electron chi connectivity index (χ2n) is 4.38. The second kappa shape index (κ2) is 7.47. The molecule has 114 valence electrons. The number of alkyl halides is 3. The number of carbonyl (C=O) groups is 1. The van der Waals surface area contributed by atoms with Crippen LogP contribution in [0.25, 0.3) is 0 Å². The van der Waals surface area contributed by atoms with Crippen molar-refractivity contribution in [3.05, 3.63) is 35.4 Å². The van der Waals surface area contributed by atoms with Crippen LogP contribution in [-0.4, -0.2) is 31.7 Å². The van der Waals surface area contributed by atoms with Crippen LogP contribution in [0.15, 0.2) is 29.3 Å². The standard InChI is InChI=1S/C13H13Cl3N2OS2/c1-8-2-4-9(5-3-8)10(19)18-11(13(14,15)16)21-12-17-6-7-20-12/h2-5,11H,6-7H2,1H3,(H,18,19)/t11-/m1/s1. The molecule has 0 saturated carbocycles. The van der Waals surface area contributed by atoms with Gasteiger partial charge in [0.05, 0.1) is 6.54 Å². The zero-order valence-electron chi connectivity index (χ0n) is 11.1. The van der Waals surface area contributed by atoms with E-state index >= 15 is 0 Å². The van der Waals surface area contributed by atoms with Crippen molar-refractivity contribution in [2.75, 3.05) is 12.3 Å². The quantitative estimate of drug-likeness (QED) is 0.626. The van der Waals surface area contributed by atoms with Gasteiger partial charge in [0.2, 0.25) is 3.79 Å². The molecule has 1 N–H and O–H groups in total. The largest absolute Gasteiger partial charge is 0.336 e. The Bertz CT molecular complexity index is 543. The Morgan fingerprint density at radius 3 is 2.57 bits per heavy atom. The zero-order valence-corrected chi connectivity index (χ0v) is 15.0. The highest BCUT2D eigenvalue weighted by Gasteiger charge is 2.36. The Hall–Kier alpha value is -0.0700. The van der Waals surface area contributed by atoms with Gasteiger partial charge in [-0.2, -0.15) is 0 Å². The number of aryl methyl sites for hydroxylation is 1. The van der Waals surface area contributed by atoms with E-state index in [0.717, 1.165) is 22.2 Å². The summed E-state index contributed by atoms with van der Waals surface area (Å²) in [6.07, 6.45) is 0. The molecule has 8 heteroatoms. The molecule has 3 nitrogen and oxygen atoms in total. The lowest BCUT2D eigenvalue weighted by Crippen LogP contribution is -2.41. The van der Waals surface area contributed by atoms with E-state index in [-0.39, 0.29) is 5.91 Å². The van der Waals surface area contributed by atoms with Crippen LogP contribution in [0.5, 0.6) is 0 Å². The monoisotopic (exact) mass is 382 g/mol. The second-order valence-corrected chi connectivity index (χ2v) is 9.18. The van der Waals surface area contributed by atoms with Crippen molar-refractivity contribution < 1.29 is 4.79 Å². The van der Waals surface area contributed by atoms with Gasteiger partial charge in [-0.3, -0.25) is 9.79 Å². The molecule has 0 aliphatic carbocycles. The molecule has 0 unspecified atom stereocenters. The van der Waals surface area contributed by atoms with Crippen molar-refractivity contribution in [3.63, 3.8) is 0 Å². The summed E-state index contributed by atoms with van der Waals surface area (Å²) < 4.78 is -0.785. The SMILES string of the molecule is Cc1ccc(C(=O)N[C@H](SC2=NCCS2)C(Cl)(Cl)Cl)cc1. The van der Waals surface area contributed by atoms with E-state index in [1.807, 2.05) is 19.1 Å². The van der Waals surface area contributed by atoms with Crippen LogP contribution in [0.3, 0.4) is 0 Å². The van der Waals surface area contributed by atoms with E-state index < -0.39 is 9.17 Å². The fourth-order valence-electron chi connectivity index (χ4n) is 1.57. The van der Waals surface area contributed by atoms with Gasteiger partial charge in [0.15, 0.2) is 0 Å². The molecule has 1 aromatic rings. The van der Waals surface area contributed by atoms with Gasteiger partial charge in [0.1, 0.15) is 9.75 Å². The summed E-state index contributed by atoms with van der Waals surface area (Å²) in [7, 11) is 0. The van der Waals surface area contributed by atoms with Gasteiger partial charge in [-0.25, -0.2) is 0 Å². The molecule has 0 aromatic heterocycles. The number of nitrogens with one attached hydrogen (secondary N) is 1. The van der Waals surface area contributed by atoms with Crippen LogP contribution >= 0.6 is 58.3 Å². The minimum atomic E-state index is -1.61. The molecule has 0 spiro atoms. The third-order valence-corrected chi connectivity index (χ3v) is 6.14. The van der Waals surface area contributed by atoms with Gasteiger partial charge >= 0.3 is 0 Å². The normalized spacial score (nSPS) is 16.5. The van der Waals surface area contributed by atoms with Crippen molar-refractivity contribution in [3.8, 4) is 0 Å². The molecule has 0 saturated heterocycles. The molecule has 0 radical (unpaired) electrons. The molecule has 1 aliphatic rings. The number of carbonyl (C=O) groups excluding carboxylic acids is 1. The summed E-state index contributed by atoms with van der Waals surface area (Å²) in [6, 6.07) is 7.21. The lowest BCUT2D eigenvalue weighted by Gasteiger charge is -2.24. The highest BCUT2D eigenvalue weighted by atomic mass is 35.6. The summed E-state index contributed by atoms with van der Waals surface area (Å²) in [4.78, 5) is 16.5. The fraction of sp³-hybridized carbons (Fsp3) is 0.385. The van der Waals surface area contributed by atoms with E-state index in [0.29, 0.717) is 5.56 Å². The Kier molecular flexibility index (Phi) is 6.15. The molecule has 1 heterocycles. The third-order valence-electron chi connectivity index (χ3n) is 2.65. The zero-order chi connectivity index (χ0) is 15.5. The molecular weight excluding hydrogens is 371 g/mol. The van der Waals surface area contributed by atoms with Crippen molar-refractivity contribution in [1.29, 1.82) is 0 Å². The topological polar surface area (TPSA) is 41.5 Å². The van der Waals surface area contributed by atoms with Crippen LogP contribution in [0, 0.1) is 6.92 Å². The number of amides is 1. The van der Waals surface area contributed by atoms with Crippen molar-refractivity contribution in [2.24, 2.45) is 4.99 Å². The van der Waals surface area contributed by atoms with Gasteiger partial charge in [-0.05, 0) is 19.1 Å². The molecule has 1 amide bonds. The van der Waals surface area contributed by atoms with Crippen LogP contribution in [-0.2, 0) is 0 Å². The van der Waals surface area contributed by atoms with Gasteiger partial charge in [0, 0.05) is 11.3 Å². The number of hydrogen-bond donors (Lipinski definition) is 1. The van der Waals surface area contributed by atoms with Gasteiger partial charge in [0.25, 0.3) is 5.91 Å². The number of rotatable bonds is 3. The van der Waals surface area contributed by atoms with E-state index in [1.54, 1.807) is 23.9 Å². The number of nitrogens with zero attached hydrogens (tertiary/aromatic N) is 1. The number of thioether (sulfide) groups is 2. The average molecular weight is 384 g/mol. The Morgan fingerprint density at radius 1 is 1.38 bits per heavy atom. The number of aliphatic imine (C=N–C) groups is 1. The summed E-state index contributed by atoms with van der Waals surface area (Å²) in [5.74, 6) is 0.642.